The molecule has 1 aromatic rings. The molecule has 0 spiro atoms. The number of rotatable bonds is 4. The van der Waals surface area contributed by atoms with Gasteiger partial charge in [0, 0.05) is 19.2 Å². The van der Waals surface area contributed by atoms with Crippen molar-refractivity contribution in [3.63, 3.8) is 0 Å². The first-order valence-corrected chi connectivity index (χ1v) is 8.23. The van der Waals surface area contributed by atoms with E-state index in [4.69, 9.17) is 10.2 Å². The first kappa shape index (κ1) is 16.0. The number of nitrogens with two attached hydrogens (primary N) is 1. The summed E-state index contributed by atoms with van der Waals surface area (Å²) in [4.78, 5) is 11.5. The van der Waals surface area contributed by atoms with Crippen molar-refractivity contribution in [1.82, 2.24) is 4.31 Å². The number of furan rings is 1. The van der Waals surface area contributed by atoms with Gasteiger partial charge in [-0.15, -0.1) is 0 Å². The molecule has 0 radical (unpaired) electrons. The number of nitrogens with zero attached hydrogens (tertiary/aromatic N) is 1. The first-order chi connectivity index (χ1) is 9.90. The average molecular weight is 316 g/mol. The van der Waals surface area contributed by atoms with E-state index < -0.39 is 16.0 Å². The van der Waals surface area contributed by atoms with Gasteiger partial charge in [-0.05, 0) is 32.2 Å². The molecule has 1 aromatic heterocycles. The van der Waals surface area contributed by atoms with Crippen LogP contribution in [0.4, 0.5) is 0 Å². The summed E-state index contributed by atoms with van der Waals surface area (Å²) < 4.78 is 36.2. The van der Waals surface area contributed by atoms with Gasteiger partial charge in [0.2, 0.25) is 5.09 Å². The van der Waals surface area contributed by atoms with Crippen LogP contribution in [0, 0.1) is 12.8 Å². The number of ether oxygens (including phenoxy) is 1. The van der Waals surface area contributed by atoms with E-state index >= 15 is 0 Å². The number of carbonyl (C=O) groups excluding carboxylic acids is 1. The highest BCUT2D eigenvalue weighted by Gasteiger charge is 2.32. The Hall–Kier alpha value is -1.38. The van der Waals surface area contributed by atoms with E-state index in [1.807, 2.05) is 0 Å². The maximum atomic E-state index is 12.5. The lowest BCUT2D eigenvalue weighted by atomic mass is 9.99. The largest absolute Gasteiger partial charge is 0.465 e. The maximum absolute atomic E-state index is 12.5. The molecule has 21 heavy (non-hydrogen) atoms. The number of piperidine rings is 1. The predicted octanol–water partition coefficient (Wildman–Crippen LogP) is 0.734. The molecule has 118 valence electrons. The number of sulfonamides is 1. The van der Waals surface area contributed by atoms with Crippen LogP contribution in [-0.2, 0) is 14.8 Å². The summed E-state index contributed by atoms with van der Waals surface area (Å²) in [6.45, 7) is 2.93. The predicted molar refractivity (Wildman–Crippen MR) is 75.3 cm³/mol. The summed E-state index contributed by atoms with van der Waals surface area (Å²) >= 11 is 0. The monoisotopic (exact) mass is 316 g/mol. The van der Waals surface area contributed by atoms with Crippen molar-refractivity contribution in [3.8, 4) is 0 Å². The van der Waals surface area contributed by atoms with Gasteiger partial charge < -0.3 is 14.9 Å². The van der Waals surface area contributed by atoms with Crippen LogP contribution in [0.3, 0.4) is 0 Å². The molecule has 1 fully saturated rings. The van der Waals surface area contributed by atoms with Gasteiger partial charge in [-0.2, -0.15) is 4.31 Å². The van der Waals surface area contributed by atoms with Crippen molar-refractivity contribution in [3.05, 3.63) is 17.4 Å². The van der Waals surface area contributed by atoms with Crippen LogP contribution >= 0.6 is 0 Å². The second-order valence-electron chi connectivity index (χ2n) is 5.11. The summed E-state index contributed by atoms with van der Waals surface area (Å²) in [7, 11) is -2.48. The van der Waals surface area contributed by atoms with E-state index in [0.717, 1.165) is 12.8 Å². The van der Waals surface area contributed by atoms with Crippen molar-refractivity contribution in [2.45, 2.75) is 24.9 Å². The molecule has 2 heterocycles. The molecule has 0 aliphatic carbocycles. The van der Waals surface area contributed by atoms with Gasteiger partial charge >= 0.3 is 5.97 Å². The van der Waals surface area contributed by atoms with E-state index in [0.29, 0.717) is 25.6 Å². The minimum atomic E-state index is -3.72. The molecule has 0 amide bonds. The molecule has 1 saturated heterocycles. The summed E-state index contributed by atoms with van der Waals surface area (Å²) in [5.74, 6) is -0.0165. The fourth-order valence-electron chi connectivity index (χ4n) is 2.41. The smallest absolute Gasteiger partial charge is 0.341 e. The van der Waals surface area contributed by atoms with Crippen LogP contribution in [0.5, 0.6) is 0 Å². The van der Waals surface area contributed by atoms with Gasteiger partial charge in [0.25, 0.3) is 10.0 Å². The lowest BCUT2D eigenvalue weighted by Gasteiger charge is -2.29. The van der Waals surface area contributed by atoms with Crippen LogP contribution in [0.15, 0.2) is 15.6 Å². The molecule has 0 atom stereocenters. The highest BCUT2D eigenvalue weighted by molar-refractivity contribution is 7.89. The van der Waals surface area contributed by atoms with Crippen molar-refractivity contribution in [2.24, 2.45) is 11.7 Å². The number of methoxy groups -OCH3 is 1. The van der Waals surface area contributed by atoms with E-state index in [1.54, 1.807) is 0 Å². The lowest BCUT2D eigenvalue weighted by molar-refractivity contribution is 0.0599. The molecule has 8 heteroatoms. The van der Waals surface area contributed by atoms with Crippen LogP contribution in [0.1, 0.15) is 29.0 Å². The van der Waals surface area contributed by atoms with Crippen molar-refractivity contribution in [1.29, 1.82) is 0 Å². The SMILES string of the molecule is COC(=O)c1cc(S(=O)(=O)N2CCC(CN)CC2)oc1C. The van der Waals surface area contributed by atoms with E-state index in [-0.39, 0.29) is 16.4 Å². The Bertz CT molecular complexity index is 615. The molecule has 2 N–H and O–H groups in total. The standard InChI is InChI=1S/C13H20N2O5S/c1-9-11(13(16)19-2)7-12(20-9)21(17,18)15-5-3-10(8-14)4-6-15/h7,10H,3-6,8,14H2,1-2H3. The third-order valence-corrected chi connectivity index (χ3v) is 5.56. The Morgan fingerprint density at radius 2 is 2.10 bits per heavy atom. The Morgan fingerprint density at radius 3 is 2.62 bits per heavy atom. The number of carbonyl (C=O) groups is 1. The van der Waals surface area contributed by atoms with Gasteiger partial charge in [-0.25, -0.2) is 13.2 Å². The maximum Gasteiger partial charge on any atom is 0.341 e. The average Bonchev–Trinajstić information content (AvgIpc) is 2.89. The zero-order valence-electron chi connectivity index (χ0n) is 12.2. The first-order valence-electron chi connectivity index (χ1n) is 6.79. The second-order valence-corrected chi connectivity index (χ2v) is 6.98. The molecule has 0 unspecified atom stereocenters. The third-order valence-electron chi connectivity index (χ3n) is 3.80. The summed E-state index contributed by atoms with van der Waals surface area (Å²) in [5, 5.41) is -0.216. The molecule has 7 nitrogen and oxygen atoms in total. The van der Waals surface area contributed by atoms with Crippen molar-refractivity contribution < 1.29 is 22.4 Å². The Balaban J connectivity index is 2.22. The second kappa shape index (κ2) is 6.17. The number of hydrogen-bond acceptors (Lipinski definition) is 6. The van der Waals surface area contributed by atoms with Gasteiger partial charge in [0.05, 0.1) is 7.11 Å². The molecule has 1 aliphatic rings. The molecule has 2 rings (SSSR count). The van der Waals surface area contributed by atoms with E-state index in [9.17, 15) is 13.2 Å². The lowest BCUT2D eigenvalue weighted by Crippen LogP contribution is -2.39. The summed E-state index contributed by atoms with van der Waals surface area (Å²) in [6, 6.07) is 1.23. The van der Waals surface area contributed by atoms with Crippen molar-refractivity contribution in [2.75, 3.05) is 26.7 Å². The Morgan fingerprint density at radius 1 is 1.48 bits per heavy atom. The van der Waals surface area contributed by atoms with E-state index in [1.165, 1.54) is 24.4 Å². The number of hydrogen-bond donors (Lipinski definition) is 1. The van der Waals surface area contributed by atoms with Crippen LogP contribution in [0.25, 0.3) is 0 Å². The minimum absolute atomic E-state index is 0.132. The molecule has 1 aliphatic heterocycles. The third kappa shape index (κ3) is 3.12. The molecular weight excluding hydrogens is 296 g/mol. The zero-order valence-corrected chi connectivity index (χ0v) is 13.0. The fourth-order valence-corrected chi connectivity index (χ4v) is 3.85. The molecular formula is C13H20N2O5S. The van der Waals surface area contributed by atoms with Gasteiger partial charge in [0.1, 0.15) is 11.3 Å². The number of esters is 1. The Kier molecular flexibility index (Phi) is 4.70. The Labute approximate surface area is 124 Å². The normalized spacial score (nSPS) is 17.9. The fraction of sp³-hybridized carbons (Fsp3) is 0.615. The van der Waals surface area contributed by atoms with Crippen molar-refractivity contribution >= 4 is 16.0 Å². The van der Waals surface area contributed by atoms with Crippen LogP contribution in [0.2, 0.25) is 0 Å². The summed E-state index contributed by atoms with van der Waals surface area (Å²) in [5.41, 5.74) is 5.74. The van der Waals surface area contributed by atoms with Crippen LogP contribution < -0.4 is 5.73 Å². The molecule has 0 aromatic carbocycles. The number of aryl methyl sites for hydroxylation is 1. The topological polar surface area (TPSA) is 103 Å². The highest BCUT2D eigenvalue weighted by atomic mass is 32.2. The van der Waals surface area contributed by atoms with Gasteiger partial charge in [-0.1, -0.05) is 0 Å². The van der Waals surface area contributed by atoms with Gasteiger partial charge in [0.15, 0.2) is 0 Å². The molecule has 0 saturated carbocycles. The quantitative estimate of drug-likeness (QED) is 0.822. The van der Waals surface area contributed by atoms with E-state index in [2.05, 4.69) is 4.74 Å². The zero-order chi connectivity index (χ0) is 15.6. The highest BCUT2D eigenvalue weighted by Crippen LogP contribution is 2.26. The minimum Gasteiger partial charge on any atom is -0.465 e. The van der Waals surface area contributed by atoms with Crippen LogP contribution in [-0.4, -0.2) is 45.4 Å². The van der Waals surface area contributed by atoms with Gasteiger partial charge in [-0.3, -0.25) is 0 Å². The summed E-state index contributed by atoms with van der Waals surface area (Å²) in [6.07, 6.45) is 1.47. The molecule has 0 bridgehead atoms.